The highest BCUT2D eigenvalue weighted by Gasteiger charge is 1.80. The second-order valence-electron chi connectivity index (χ2n) is 0.758. The van der Waals surface area contributed by atoms with E-state index in [2.05, 4.69) is 17.2 Å². The molecule has 0 aromatic heterocycles. The lowest BCUT2D eigenvalue weighted by molar-refractivity contribution is 0.328. The molecule has 0 heterocycles. The molecule has 0 saturated heterocycles. The summed E-state index contributed by atoms with van der Waals surface area (Å²) in [6.07, 6.45) is 0.793. The first-order chi connectivity index (χ1) is 2.81. The van der Waals surface area contributed by atoms with E-state index in [0.29, 0.717) is 0 Å². The van der Waals surface area contributed by atoms with E-state index in [1.807, 2.05) is 6.92 Å². The van der Waals surface area contributed by atoms with E-state index >= 15 is 0 Å². The van der Waals surface area contributed by atoms with Crippen molar-refractivity contribution in [1.29, 1.82) is 0 Å². The predicted molar refractivity (Wildman–Crippen MR) is 29.0 cm³/mol. The number of nitrogens with zero attached hydrogens (tertiary/aromatic N) is 1. The van der Waals surface area contributed by atoms with Crippen LogP contribution < -0.4 is 0 Å². The Morgan fingerprint density at radius 3 is 2.50 bits per heavy atom. The zero-order chi connectivity index (χ0) is 4.99. The van der Waals surface area contributed by atoms with Crippen LogP contribution in [0.4, 0.5) is 0 Å². The van der Waals surface area contributed by atoms with Crippen molar-refractivity contribution < 1.29 is 5.21 Å². The summed E-state index contributed by atoms with van der Waals surface area (Å²) in [5, 5.41) is 7.88. The van der Waals surface area contributed by atoms with Crippen LogP contribution in [0.25, 0.3) is 0 Å². The van der Waals surface area contributed by atoms with Crippen molar-refractivity contribution in [2.24, 2.45) is 4.91 Å². The van der Waals surface area contributed by atoms with Gasteiger partial charge >= 0.3 is 0 Å². The van der Waals surface area contributed by atoms with Gasteiger partial charge in [-0.2, -0.15) is 0 Å². The fourth-order valence-corrected chi connectivity index (χ4v) is 0.190. The van der Waals surface area contributed by atoms with Gasteiger partial charge in [-0.15, -0.1) is 0 Å². The highest BCUT2D eigenvalue weighted by atomic mass is 32.7. The molecule has 0 bridgehead atoms. The van der Waals surface area contributed by atoms with Gasteiger partial charge in [0.1, 0.15) is 13.1 Å². The first-order valence-corrected chi connectivity index (χ1v) is 4.10. The Morgan fingerprint density at radius 1 is 2.00 bits per heavy atom. The van der Waals surface area contributed by atoms with E-state index in [0.717, 1.165) is 6.16 Å². The van der Waals surface area contributed by atoms with Crippen molar-refractivity contribution in [3.8, 4) is 0 Å². The lowest BCUT2D eigenvalue weighted by Gasteiger charge is -1.80. The fraction of sp³-hybridized carbons (Fsp3) is 1.00. The molecule has 36 valence electrons. The Morgan fingerprint density at radius 2 is 2.50 bits per heavy atom. The van der Waals surface area contributed by atoms with Gasteiger partial charge < -0.3 is 12.2 Å². The maximum atomic E-state index is 7.88. The average molecular weight is 123 g/mol. The predicted octanol–water partition coefficient (Wildman–Crippen LogP) is 1.52. The maximum Gasteiger partial charge on any atom is 0.105 e. The minimum absolute atomic E-state index is 0.793. The van der Waals surface area contributed by atoms with Gasteiger partial charge in [-0.25, -0.2) is 5.21 Å². The second-order valence-corrected chi connectivity index (χ2v) is 3.54. The molecule has 6 heavy (non-hydrogen) atoms. The minimum Gasteiger partial charge on any atom is -0.466 e. The van der Waals surface area contributed by atoms with Crippen LogP contribution in [0, 0.1) is 0 Å². The molecule has 4 heteroatoms. The van der Waals surface area contributed by atoms with Crippen LogP contribution in [0.1, 0.15) is 6.92 Å². The normalized spacial score (nSPS) is 12.2. The molecule has 0 fully saturated rings. The average Bonchev–Trinajstić information content (AvgIpc) is 1.65. The summed E-state index contributed by atoms with van der Waals surface area (Å²) in [6, 6.07) is 0. The van der Waals surface area contributed by atoms with Crippen molar-refractivity contribution in [1.82, 2.24) is 0 Å². The molecular weight excluding hydrogens is 117 g/mol. The van der Waals surface area contributed by atoms with E-state index in [1.54, 1.807) is 0 Å². The van der Waals surface area contributed by atoms with E-state index < -0.39 is 6.92 Å². The van der Waals surface area contributed by atoms with Gasteiger partial charge in [0.15, 0.2) is 0 Å². The van der Waals surface area contributed by atoms with Gasteiger partial charge in [-0.1, -0.05) is 0 Å². The molecule has 0 aromatic rings. The summed E-state index contributed by atoms with van der Waals surface area (Å²) in [7, 11) is 0. The Bertz CT molecular complexity index is 64.6. The molecule has 0 radical (unpaired) electrons. The first kappa shape index (κ1) is 6.41. The molecule has 1 N–H and O–H groups in total. The van der Waals surface area contributed by atoms with E-state index in [9.17, 15) is 0 Å². The third-order valence-corrected chi connectivity index (χ3v) is 2.10. The van der Waals surface area contributed by atoms with Crippen LogP contribution in [-0.2, 0) is 12.2 Å². The topological polar surface area (TPSA) is 32.6 Å². The summed E-state index contributed by atoms with van der Waals surface area (Å²) < 4.78 is 0. The molecule has 0 spiro atoms. The number of hydrogen-bond acceptors (Lipinski definition) is 2. The first-order valence-electron chi connectivity index (χ1n) is 1.61. The van der Waals surface area contributed by atoms with Gasteiger partial charge in [0.25, 0.3) is 0 Å². The van der Waals surface area contributed by atoms with Gasteiger partial charge in [-0.05, 0) is 6.92 Å². The Hall–Kier alpha value is 0.410. The number of rotatable bonds is 1. The van der Waals surface area contributed by atoms with Crippen LogP contribution >= 0.6 is 6.92 Å². The summed E-state index contributed by atoms with van der Waals surface area (Å²) in [5.74, 6) is 0. The molecule has 0 rings (SSSR count). The van der Waals surface area contributed by atoms with Crippen molar-refractivity contribution in [3.05, 3.63) is 0 Å². The lowest BCUT2D eigenvalue weighted by atomic mass is 11.0. The molecular formula is C2H6NOPS. The van der Waals surface area contributed by atoms with Crippen molar-refractivity contribution in [2.45, 2.75) is 6.92 Å². The van der Waals surface area contributed by atoms with Crippen LogP contribution in [0.3, 0.4) is 0 Å². The highest BCUT2D eigenvalue weighted by molar-refractivity contribution is 8.28. The Labute approximate surface area is 43.2 Å². The summed E-state index contributed by atoms with van der Waals surface area (Å²) >= 11 is 4.59. The SMILES string of the molecule is CC[P+]([S-])=NO. The van der Waals surface area contributed by atoms with Crippen molar-refractivity contribution in [3.63, 3.8) is 0 Å². The van der Waals surface area contributed by atoms with Crippen molar-refractivity contribution >= 4 is 19.2 Å². The van der Waals surface area contributed by atoms with E-state index in [4.69, 9.17) is 5.21 Å². The van der Waals surface area contributed by atoms with Gasteiger partial charge in [-0.3, -0.25) is 0 Å². The Kier molecular flexibility index (Phi) is 3.84. The van der Waals surface area contributed by atoms with Crippen LogP contribution in [0.15, 0.2) is 4.91 Å². The van der Waals surface area contributed by atoms with E-state index in [-0.39, 0.29) is 0 Å². The molecule has 0 aromatic carbocycles. The largest absolute Gasteiger partial charge is 0.466 e. The third-order valence-electron chi connectivity index (χ3n) is 0.370. The van der Waals surface area contributed by atoms with Crippen LogP contribution in [0.5, 0.6) is 0 Å². The molecule has 0 saturated carbocycles. The Balaban J connectivity index is 3.22. The summed E-state index contributed by atoms with van der Waals surface area (Å²) in [4.78, 5) is 2.89. The molecule has 2 nitrogen and oxygen atoms in total. The van der Waals surface area contributed by atoms with E-state index in [1.165, 1.54) is 0 Å². The molecule has 1 unspecified atom stereocenters. The smallest absolute Gasteiger partial charge is 0.105 e. The van der Waals surface area contributed by atoms with Crippen LogP contribution in [0.2, 0.25) is 0 Å². The molecule has 0 aliphatic rings. The fourth-order valence-electron chi connectivity index (χ4n) is 0.0632. The zero-order valence-electron chi connectivity index (χ0n) is 3.46. The molecule has 1 atom stereocenters. The molecule has 0 amide bonds. The third kappa shape index (κ3) is 2.64. The standard InChI is InChI=1S/C2H6NOPS/c1-2-5(6)3-4/h4H,2H2,1H3. The van der Waals surface area contributed by atoms with Gasteiger partial charge in [0.05, 0.1) is 0 Å². The second kappa shape index (κ2) is 3.59. The minimum atomic E-state index is -0.812. The number of hydrogen-bond donors (Lipinski definition) is 1. The lowest BCUT2D eigenvalue weighted by Crippen LogP contribution is -1.57. The van der Waals surface area contributed by atoms with Gasteiger partial charge in [0.2, 0.25) is 0 Å². The van der Waals surface area contributed by atoms with Crippen LogP contribution in [-0.4, -0.2) is 11.4 Å². The summed E-state index contributed by atoms with van der Waals surface area (Å²) in [6.45, 7) is 1.09. The zero-order valence-corrected chi connectivity index (χ0v) is 5.17. The quantitative estimate of drug-likeness (QED) is 0.325. The maximum absolute atomic E-state index is 7.88. The van der Waals surface area contributed by atoms with Crippen molar-refractivity contribution in [2.75, 3.05) is 6.16 Å². The molecule has 0 aliphatic carbocycles. The monoisotopic (exact) mass is 123 g/mol. The molecule has 0 aliphatic heterocycles. The van der Waals surface area contributed by atoms with Gasteiger partial charge in [0, 0.05) is 4.91 Å². The highest BCUT2D eigenvalue weighted by Crippen LogP contribution is 2.17. The summed E-state index contributed by atoms with van der Waals surface area (Å²) in [5.41, 5.74) is 0.